The summed E-state index contributed by atoms with van der Waals surface area (Å²) in [5.74, 6) is -0.243. The van der Waals surface area contributed by atoms with Gasteiger partial charge in [0.1, 0.15) is 0 Å². The molecule has 0 spiro atoms. The summed E-state index contributed by atoms with van der Waals surface area (Å²) < 4.78 is 3.12. The number of aromatic nitrogens is 2. The minimum absolute atomic E-state index is 0.243. The van der Waals surface area contributed by atoms with Crippen LogP contribution in [-0.2, 0) is 4.79 Å². The summed E-state index contributed by atoms with van der Waals surface area (Å²) >= 11 is 8.15. The van der Waals surface area contributed by atoms with E-state index in [1.54, 1.807) is 18.4 Å². The van der Waals surface area contributed by atoms with E-state index < -0.39 is 5.38 Å². The van der Waals surface area contributed by atoms with Gasteiger partial charge in [0, 0.05) is 12.6 Å². The maximum atomic E-state index is 12.3. The topological polar surface area (TPSA) is 46.4 Å². The summed E-state index contributed by atoms with van der Waals surface area (Å²) in [6, 6.07) is 16.1. The number of benzene rings is 2. The molecule has 4 nitrogen and oxygen atoms in total. The van der Waals surface area contributed by atoms with E-state index in [1.807, 2.05) is 53.8 Å². The Labute approximate surface area is 154 Å². The molecule has 4 aromatic rings. The van der Waals surface area contributed by atoms with Crippen molar-refractivity contribution < 1.29 is 4.79 Å². The molecule has 25 heavy (non-hydrogen) atoms. The molecule has 0 radical (unpaired) electrons. The Kier molecular flexibility index (Phi) is 3.98. The normalized spacial score (nSPS) is 12.6. The van der Waals surface area contributed by atoms with Crippen molar-refractivity contribution in [3.8, 4) is 11.3 Å². The standard InChI is InChI=1S/C19H16ClN3OS/c1-11-6-5-7-12(10-11)16-17(15(20)18(24)21-2)23-13-8-3-4-9-14(13)25-19(23)22-16/h3-10,15H,1-2H3,(H,21,24). The number of halogens is 1. The molecule has 1 amide bonds. The van der Waals surface area contributed by atoms with Crippen LogP contribution in [0.4, 0.5) is 0 Å². The molecule has 6 heteroatoms. The molecule has 0 fully saturated rings. The first-order valence-corrected chi connectivity index (χ1v) is 9.18. The summed E-state index contributed by atoms with van der Waals surface area (Å²) in [5.41, 5.74) is 4.57. The SMILES string of the molecule is CNC(=O)C(Cl)c1c(-c2cccc(C)c2)nc2sc3ccccc3n12. The molecule has 4 rings (SSSR count). The smallest absolute Gasteiger partial charge is 0.243 e. The van der Waals surface area contributed by atoms with E-state index in [1.165, 1.54) is 0 Å². The molecular formula is C19H16ClN3OS. The number of amides is 1. The fourth-order valence-electron chi connectivity index (χ4n) is 3.03. The Hall–Kier alpha value is -2.37. The van der Waals surface area contributed by atoms with Crippen LogP contribution in [0, 0.1) is 6.92 Å². The molecule has 2 heterocycles. The fraction of sp³-hybridized carbons (Fsp3) is 0.158. The second-order valence-electron chi connectivity index (χ2n) is 5.88. The Morgan fingerprint density at radius 2 is 2.04 bits per heavy atom. The number of nitrogens with zero attached hydrogens (tertiary/aromatic N) is 2. The van der Waals surface area contributed by atoms with Gasteiger partial charge in [-0.05, 0) is 25.1 Å². The van der Waals surface area contributed by atoms with Crippen molar-refractivity contribution in [1.29, 1.82) is 0 Å². The first kappa shape index (κ1) is 16.1. The Balaban J connectivity index is 2.07. The summed E-state index contributed by atoms with van der Waals surface area (Å²) in [7, 11) is 1.59. The van der Waals surface area contributed by atoms with Gasteiger partial charge in [0.15, 0.2) is 10.3 Å². The largest absolute Gasteiger partial charge is 0.358 e. The highest BCUT2D eigenvalue weighted by Gasteiger charge is 2.28. The molecule has 1 atom stereocenters. The van der Waals surface area contributed by atoms with Crippen molar-refractivity contribution >= 4 is 44.0 Å². The van der Waals surface area contributed by atoms with Crippen LogP contribution in [0.1, 0.15) is 16.6 Å². The lowest BCUT2D eigenvalue weighted by Crippen LogP contribution is -2.23. The average Bonchev–Trinajstić information content (AvgIpc) is 3.16. The quantitative estimate of drug-likeness (QED) is 0.538. The molecule has 0 aliphatic heterocycles. The van der Waals surface area contributed by atoms with Crippen LogP contribution in [0.25, 0.3) is 26.4 Å². The Morgan fingerprint density at radius 1 is 1.24 bits per heavy atom. The third-order valence-electron chi connectivity index (χ3n) is 4.20. The number of rotatable bonds is 3. The predicted molar refractivity (Wildman–Crippen MR) is 103 cm³/mol. The highest BCUT2D eigenvalue weighted by Crippen LogP contribution is 2.38. The molecule has 126 valence electrons. The van der Waals surface area contributed by atoms with E-state index in [-0.39, 0.29) is 5.91 Å². The van der Waals surface area contributed by atoms with Gasteiger partial charge in [0.2, 0.25) is 5.91 Å². The zero-order chi connectivity index (χ0) is 17.6. The summed E-state index contributed by atoms with van der Waals surface area (Å²) in [6.45, 7) is 2.04. The second kappa shape index (κ2) is 6.17. The van der Waals surface area contributed by atoms with Crippen molar-refractivity contribution in [2.45, 2.75) is 12.3 Å². The second-order valence-corrected chi connectivity index (χ2v) is 7.33. The number of carbonyl (C=O) groups excluding carboxylic acids is 1. The monoisotopic (exact) mass is 369 g/mol. The maximum Gasteiger partial charge on any atom is 0.243 e. The first-order chi connectivity index (χ1) is 12.1. The van der Waals surface area contributed by atoms with E-state index >= 15 is 0 Å². The van der Waals surface area contributed by atoms with Crippen LogP contribution in [0.5, 0.6) is 0 Å². The van der Waals surface area contributed by atoms with Crippen LogP contribution in [0.2, 0.25) is 0 Å². The molecule has 1 N–H and O–H groups in total. The number of carbonyl (C=O) groups is 1. The molecule has 0 aliphatic carbocycles. The predicted octanol–water partition coefficient (Wildman–Crippen LogP) is 4.55. The number of fused-ring (bicyclic) bond motifs is 3. The van der Waals surface area contributed by atoms with E-state index in [0.717, 1.165) is 32.0 Å². The van der Waals surface area contributed by atoms with Gasteiger partial charge < -0.3 is 5.32 Å². The van der Waals surface area contributed by atoms with E-state index in [2.05, 4.69) is 11.4 Å². The molecule has 0 saturated heterocycles. The van der Waals surface area contributed by atoms with Gasteiger partial charge in [-0.1, -0.05) is 47.2 Å². The Morgan fingerprint density at radius 3 is 2.80 bits per heavy atom. The third kappa shape index (κ3) is 2.60. The van der Waals surface area contributed by atoms with Crippen molar-refractivity contribution in [3.63, 3.8) is 0 Å². The molecule has 2 aromatic carbocycles. The maximum absolute atomic E-state index is 12.3. The number of para-hydroxylation sites is 1. The zero-order valence-corrected chi connectivity index (χ0v) is 15.4. The summed E-state index contributed by atoms with van der Waals surface area (Å²) in [4.78, 5) is 17.9. The van der Waals surface area contributed by atoms with Gasteiger partial charge in [-0.3, -0.25) is 9.20 Å². The van der Waals surface area contributed by atoms with Crippen molar-refractivity contribution in [3.05, 3.63) is 59.8 Å². The number of likely N-dealkylation sites (N-methyl/N-ethyl adjacent to an activating group) is 1. The van der Waals surface area contributed by atoms with Gasteiger partial charge in [-0.2, -0.15) is 0 Å². The minimum atomic E-state index is -0.825. The molecule has 2 aromatic heterocycles. The first-order valence-electron chi connectivity index (χ1n) is 7.92. The molecular weight excluding hydrogens is 354 g/mol. The van der Waals surface area contributed by atoms with Crippen LogP contribution in [0.3, 0.4) is 0 Å². The van der Waals surface area contributed by atoms with Gasteiger partial charge in [-0.15, -0.1) is 11.6 Å². The third-order valence-corrected chi connectivity index (χ3v) is 5.62. The lowest BCUT2D eigenvalue weighted by Gasteiger charge is -2.11. The zero-order valence-electron chi connectivity index (χ0n) is 13.8. The van der Waals surface area contributed by atoms with Crippen LogP contribution in [-0.4, -0.2) is 22.3 Å². The van der Waals surface area contributed by atoms with Crippen LogP contribution >= 0.6 is 22.9 Å². The molecule has 1 unspecified atom stereocenters. The van der Waals surface area contributed by atoms with Crippen molar-refractivity contribution in [2.24, 2.45) is 0 Å². The van der Waals surface area contributed by atoms with Crippen LogP contribution in [0.15, 0.2) is 48.5 Å². The lowest BCUT2D eigenvalue weighted by atomic mass is 10.1. The van der Waals surface area contributed by atoms with Gasteiger partial charge in [0.25, 0.3) is 0 Å². The van der Waals surface area contributed by atoms with Gasteiger partial charge in [-0.25, -0.2) is 4.98 Å². The number of alkyl halides is 1. The summed E-state index contributed by atoms with van der Waals surface area (Å²) in [6.07, 6.45) is 0. The number of aryl methyl sites for hydroxylation is 1. The highest BCUT2D eigenvalue weighted by atomic mass is 35.5. The van der Waals surface area contributed by atoms with Gasteiger partial charge in [0.05, 0.1) is 21.6 Å². The number of hydrogen-bond donors (Lipinski definition) is 1. The van der Waals surface area contributed by atoms with Crippen molar-refractivity contribution in [1.82, 2.24) is 14.7 Å². The van der Waals surface area contributed by atoms with Crippen LogP contribution < -0.4 is 5.32 Å². The minimum Gasteiger partial charge on any atom is -0.358 e. The number of thiazole rings is 1. The fourth-order valence-corrected chi connectivity index (χ4v) is 4.37. The van der Waals surface area contributed by atoms with E-state index in [4.69, 9.17) is 16.6 Å². The average molecular weight is 370 g/mol. The number of nitrogens with one attached hydrogen (secondary N) is 1. The van der Waals surface area contributed by atoms with Gasteiger partial charge >= 0.3 is 0 Å². The van der Waals surface area contributed by atoms with E-state index in [9.17, 15) is 4.79 Å². The number of imidazole rings is 1. The van der Waals surface area contributed by atoms with Crippen molar-refractivity contribution in [2.75, 3.05) is 7.05 Å². The molecule has 0 saturated carbocycles. The number of hydrogen-bond acceptors (Lipinski definition) is 3. The lowest BCUT2D eigenvalue weighted by molar-refractivity contribution is -0.120. The van der Waals surface area contributed by atoms with E-state index in [0.29, 0.717) is 5.69 Å². The highest BCUT2D eigenvalue weighted by molar-refractivity contribution is 7.23. The molecule has 0 aliphatic rings. The Bertz CT molecular complexity index is 1100. The molecule has 0 bridgehead atoms. The summed E-state index contributed by atoms with van der Waals surface area (Å²) in [5, 5.41) is 1.81.